The second kappa shape index (κ2) is 3.98. The second-order valence-corrected chi connectivity index (χ2v) is 2.34. The van der Waals surface area contributed by atoms with Gasteiger partial charge in [-0.3, -0.25) is 0 Å². The van der Waals surface area contributed by atoms with Gasteiger partial charge in [-0.15, -0.1) is 11.6 Å². The predicted octanol–water partition coefficient (Wildman–Crippen LogP) is 1.92. The van der Waals surface area contributed by atoms with Gasteiger partial charge in [-0.2, -0.15) is 0 Å². The van der Waals surface area contributed by atoms with Gasteiger partial charge in [-0.05, 0) is 12.1 Å². The van der Waals surface area contributed by atoms with Crippen molar-refractivity contribution in [2.75, 3.05) is 11.6 Å². The van der Waals surface area contributed by atoms with Crippen LogP contribution in [-0.2, 0) is 0 Å². The molecule has 0 spiro atoms. The molecule has 0 saturated heterocycles. The summed E-state index contributed by atoms with van der Waals surface area (Å²) < 4.78 is 0. The maximum absolute atomic E-state index is 5.56. The third-order valence-electron chi connectivity index (χ3n) is 1.26. The van der Waals surface area contributed by atoms with E-state index < -0.39 is 0 Å². The van der Waals surface area contributed by atoms with Gasteiger partial charge in [0.25, 0.3) is 0 Å². The van der Waals surface area contributed by atoms with Crippen molar-refractivity contribution < 1.29 is 0 Å². The molecule has 0 saturated carbocycles. The van der Waals surface area contributed by atoms with Crippen LogP contribution in [0.25, 0.3) is 6.08 Å². The number of nitrogens with zero attached hydrogens (tertiary/aromatic N) is 1. The van der Waals surface area contributed by atoms with Crippen LogP contribution in [0.4, 0.5) is 5.82 Å². The fourth-order valence-electron chi connectivity index (χ4n) is 0.742. The molecule has 0 unspecified atom stereocenters. The maximum Gasteiger partial charge on any atom is 0.130 e. The predicted molar refractivity (Wildman–Crippen MR) is 48.4 cm³/mol. The first-order chi connectivity index (χ1) is 5.34. The molecule has 0 amide bonds. The molecule has 0 atom stereocenters. The Balaban J connectivity index is 2.86. The first kappa shape index (κ1) is 8.08. The Morgan fingerprint density at radius 3 is 3.09 bits per heavy atom. The van der Waals surface area contributed by atoms with Gasteiger partial charge in [0.1, 0.15) is 5.82 Å². The molecule has 0 aliphatic heterocycles. The Bertz CT molecular complexity index is 258. The standard InChI is InChI=1S/C8H9ClN2/c9-5-1-3-7-4-2-6-11-8(7)10/h1-4,6H,5H2,(H2,10,11). The molecule has 58 valence electrons. The van der Waals surface area contributed by atoms with Crippen LogP contribution in [0.1, 0.15) is 5.56 Å². The van der Waals surface area contributed by atoms with Gasteiger partial charge in [0.2, 0.25) is 0 Å². The zero-order valence-corrected chi connectivity index (χ0v) is 6.75. The van der Waals surface area contributed by atoms with E-state index in [1.165, 1.54) is 0 Å². The summed E-state index contributed by atoms with van der Waals surface area (Å²) in [5.74, 6) is 1.03. The summed E-state index contributed by atoms with van der Waals surface area (Å²) in [7, 11) is 0. The number of nitrogen functional groups attached to an aromatic ring is 1. The highest BCUT2D eigenvalue weighted by Crippen LogP contribution is 2.08. The van der Waals surface area contributed by atoms with Crippen molar-refractivity contribution in [2.45, 2.75) is 0 Å². The number of pyridine rings is 1. The van der Waals surface area contributed by atoms with Crippen molar-refractivity contribution in [2.24, 2.45) is 0 Å². The summed E-state index contributed by atoms with van der Waals surface area (Å²) in [6.45, 7) is 0. The molecule has 2 nitrogen and oxygen atoms in total. The van der Waals surface area contributed by atoms with Crippen LogP contribution >= 0.6 is 11.6 Å². The Hall–Kier alpha value is -1.02. The summed E-state index contributed by atoms with van der Waals surface area (Å²) in [4.78, 5) is 3.92. The molecule has 1 heterocycles. The van der Waals surface area contributed by atoms with Crippen molar-refractivity contribution in [3.8, 4) is 0 Å². The molecule has 0 bridgehead atoms. The number of aromatic nitrogens is 1. The number of rotatable bonds is 2. The Morgan fingerprint density at radius 2 is 2.45 bits per heavy atom. The van der Waals surface area contributed by atoms with E-state index in [1.807, 2.05) is 24.3 Å². The number of hydrogen-bond acceptors (Lipinski definition) is 2. The summed E-state index contributed by atoms with van der Waals surface area (Å²) >= 11 is 5.46. The fraction of sp³-hybridized carbons (Fsp3) is 0.125. The van der Waals surface area contributed by atoms with E-state index in [1.54, 1.807) is 6.20 Å². The number of allylic oxidation sites excluding steroid dienone is 1. The van der Waals surface area contributed by atoms with Gasteiger partial charge < -0.3 is 5.73 Å². The Morgan fingerprint density at radius 1 is 1.64 bits per heavy atom. The molecule has 0 fully saturated rings. The molecular formula is C8H9ClN2. The van der Waals surface area contributed by atoms with Crippen LogP contribution in [0.3, 0.4) is 0 Å². The van der Waals surface area contributed by atoms with Crippen LogP contribution in [0.2, 0.25) is 0 Å². The maximum atomic E-state index is 5.56. The molecule has 0 aromatic carbocycles. The van der Waals surface area contributed by atoms with Crippen molar-refractivity contribution in [3.05, 3.63) is 30.0 Å². The Kier molecular flexibility index (Phi) is 2.93. The molecule has 1 aromatic rings. The number of anilines is 1. The van der Waals surface area contributed by atoms with Gasteiger partial charge in [-0.1, -0.05) is 12.2 Å². The van der Waals surface area contributed by atoms with Gasteiger partial charge in [-0.25, -0.2) is 4.98 Å². The fourth-order valence-corrected chi connectivity index (χ4v) is 0.831. The average Bonchev–Trinajstić information content (AvgIpc) is 2.03. The van der Waals surface area contributed by atoms with Crippen molar-refractivity contribution in [1.29, 1.82) is 0 Å². The van der Waals surface area contributed by atoms with E-state index in [9.17, 15) is 0 Å². The zero-order chi connectivity index (χ0) is 8.10. The smallest absolute Gasteiger partial charge is 0.130 e. The lowest BCUT2D eigenvalue weighted by Crippen LogP contribution is -1.91. The van der Waals surface area contributed by atoms with Gasteiger partial charge in [0.15, 0.2) is 0 Å². The highest BCUT2D eigenvalue weighted by molar-refractivity contribution is 6.19. The van der Waals surface area contributed by atoms with E-state index >= 15 is 0 Å². The molecular weight excluding hydrogens is 160 g/mol. The summed E-state index contributed by atoms with van der Waals surface area (Å²) in [5, 5.41) is 0. The zero-order valence-electron chi connectivity index (χ0n) is 6.00. The lowest BCUT2D eigenvalue weighted by Gasteiger charge is -1.95. The number of hydrogen-bond donors (Lipinski definition) is 1. The first-order valence-corrected chi connectivity index (χ1v) is 3.81. The summed E-state index contributed by atoms with van der Waals surface area (Å²) in [6, 6.07) is 3.73. The van der Waals surface area contributed by atoms with E-state index in [2.05, 4.69) is 4.98 Å². The number of halogens is 1. The van der Waals surface area contributed by atoms with E-state index in [4.69, 9.17) is 17.3 Å². The summed E-state index contributed by atoms with van der Waals surface area (Å²) in [5.41, 5.74) is 6.47. The van der Waals surface area contributed by atoms with Crippen molar-refractivity contribution >= 4 is 23.5 Å². The van der Waals surface area contributed by atoms with Crippen LogP contribution in [0.15, 0.2) is 24.4 Å². The number of nitrogens with two attached hydrogens (primary N) is 1. The van der Waals surface area contributed by atoms with Crippen LogP contribution in [0, 0.1) is 0 Å². The topological polar surface area (TPSA) is 38.9 Å². The molecule has 11 heavy (non-hydrogen) atoms. The molecule has 0 radical (unpaired) electrons. The van der Waals surface area contributed by atoms with Crippen LogP contribution in [0.5, 0.6) is 0 Å². The monoisotopic (exact) mass is 168 g/mol. The van der Waals surface area contributed by atoms with Crippen LogP contribution in [-0.4, -0.2) is 10.9 Å². The minimum atomic E-state index is 0.494. The summed E-state index contributed by atoms with van der Waals surface area (Å²) in [6.07, 6.45) is 5.34. The third kappa shape index (κ3) is 2.24. The first-order valence-electron chi connectivity index (χ1n) is 3.27. The van der Waals surface area contributed by atoms with Crippen LogP contribution < -0.4 is 5.73 Å². The van der Waals surface area contributed by atoms with Gasteiger partial charge in [0.05, 0.1) is 0 Å². The lowest BCUT2D eigenvalue weighted by atomic mass is 10.2. The molecule has 3 heteroatoms. The quantitative estimate of drug-likeness (QED) is 0.686. The SMILES string of the molecule is Nc1ncccc1C=CCCl. The molecule has 0 aliphatic carbocycles. The Labute approximate surface area is 70.7 Å². The van der Waals surface area contributed by atoms with Gasteiger partial charge in [0, 0.05) is 17.6 Å². The number of alkyl halides is 1. The van der Waals surface area contributed by atoms with Gasteiger partial charge >= 0.3 is 0 Å². The molecule has 1 aromatic heterocycles. The molecule has 0 aliphatic rings. The largest absolute Gasteiger partial charge is 0.383 e. The molecule has 2 N–H and O–H groups in total. The van der Waals surface area contributed by atoms with Crippen molar-refractivity contribution in [3.63, 3.8) is 0 Å². The molecule has 1 rings (SSSR count). The minimum Gasteiger partial charge on any atom is -0.383 e. The van der Waals surface area contributed by atoms with E-state index in [0.717, 1.165) is 5.56 Å². The highest BCUT2D eigenvalue weighted by Gasteiger charge is 1.91. The average molecular weight is 169 g/mol. The highest BCUT2D eigenvalue weighted by atomic mass is 35.5. The third-order valence-corrected chi connectivity index (χ3v) is 1.44. The normalized spacial score (nSPS) is 10.6. The van der Waals surface area contributed by atoms with E-state index in [0.29, 0.717) is 11.7 Å². The van der Waals surface area contributed by atoms with E-state index in [-0.39, 0.29) is 0 Å². The lowest BCUT2D eigenvalue weighted by molar-refractivity contribution is 1.32. The second-order valence-electron chi connectivity index (χ2n) is 2.03. The van der Waals surface area contributed by atoms with Crippen molar-refractivity contribution in [1.82, 2.24) is 4.98 Å². The minimum absolute atomic E-state index is 0.494.